The maximum atomic E-state index is 13.0. The minimum atomic E-state index is -0.771. The quantitative estimate of drug-likeness (QED) is 0.943. The second kappa shape index (κ2) is 5.71. The summed E-state index contributed by atoms with van der Waals surface area (Å²) in [4.78, 5) is 21.8. The first-order valence-corrected chi connectivity index (χ1v) is 7.12. The van der Waals surface area contributed by atoms with Gasteiger partial charge in [0.1, 0.15) is 17.5 Å². The fraction of sp³-hybridized carbons (Fsp3) is 0.312. The van der Waals surface area contributed by atoms with Crippen molar-refractivity contribution in [1.29, 1.82) is 0 Å². The number of hydrogen-bond acceptors (Lipinski definition) is 4. The van der Waals surface area contributed by atoms with Crippen LogP contribution >= 0.6 is 0 Å². The Morgan fingerprint density at radius 2 is 2.05 bits per heavy atom. The highest BCUT2D eigenvalue weighted by Gasteiger charge is 2.29. The summed E-state index contributed by atoms with van der Waals surface area (Å²) in [6.07, 6.45) is 0.615. The predicted molar refractivity (Wildman–Crippen MR) is 80.1 cm³/mol. The third kappa shape index (κ3) is 2.90. The molecule has 1 aromatic carbocycles. The minimum absolute atomic E-state index is 0.293. The van der Waals surface area contributed by atoms with Crippen LogP contribution in [0.25, 0.3) is 11.3 Å². The van der Waals surface area contributed by atoms with E-state index in [1.54, 1.807) is 19.1 Å². The van der Waals surface area contributed by atoms with Gasteiger partial charge in [0, 0.05) is 24.7 Å². The van der Waals surface area contributed by atoms with Crippen molar-refractivity contribution in [1.82, 2.24) is 9.97 Å². The van der Waals surface area contributed by atoms with Gasteiger partial charge in [-0.1, -0.05) is 0 Å². The average Bonchev–Trinajstić information content (AvgIpc) is 2.97. The Kier molecular flexibility index (Phi) is 3.75. The molecule has 0 spiro atoms. The van der Waals surface area contributed by atoms with Crippen molar-refractivity contribution in [2.75, 3.05) is 18.0 Å². The van der Waals surface area contributed by atoms with Crippen LogP contribution in [0.4, 0.5) is 10.2 Å². The van der Waals surface area contributed by atoms with E-state index in [1.807, 2.05) is 11.0 Å². The predicted octanol–water partition coefficient (Wildman–Crippen LogP) is 2.50. The van der Waals surface area contributed by atoms with Crippen molar-refractivity contribution in [2.24, 2.45) is 5.92 Å². The molecule has 114 valence electrons. The summed E-state index contributed by atoms with van der Waals surface area (Å²) in [5.41, 5.74) is 1.52. The first-order chi connectivity index (χ1) is 10.5. The van der Waals surface area contributed by atoms with E-state index in [0.717, 1.165) is 11.4 Å². The standard InChI is InChI=1S/C16H16FN3O2/c1-10-18-14(11-2-4-13(17)5-3-11)8-15(19-10)20-7-6-12(9-20)16(21)22/h2-5,8,12H,6-7,9H2,1H3,(H,21,22)/t12-/m0/s1. The van der Waals surface area contributed by atoms with Gasteiger partial charge in [-0.25, -0.2) is 14.4 Å². The van der Waals surface area contributed by atoms with E-state index in [9.17, 15) is 9.18 Å². The lowest BCUT2D eigenvalue weighted by molar-refractivity contribution is -0.140. The first kappa shape index (κ1) is 14.4. The highest BCUT2D eigenvalue weighted by Crippen LogP contribution is 2.26. The summed E-state index contributed by atoms with van der Waals surface area (Å²) >= 11 is 0. The summed E-state index contributed by atoms with van der Waals surface area (Å²) in [5, 5.41) is 9.10. The maximum Gasteiger partial charge on any atom is 0.308 e. The molecule has 1 fully saturated rings. The van der Waals surface area contributed by atoms with Crippen LogP contribution in [0.15, 0.2) is 30.3 Å². The molecule has 0 amide bonds. The van der Waals surface area contributed by atoms with Gasteiger partial charge in [-0.2, -0.15) is 0 Å². The number of rotatable bonds is 3. The molecule has 0 unspecified atom stereocenters. The van der Waals surface area contributed by atoms with Crippen molar-refractivity contribution in [3.63, 3.8) is 0 Å². The zero-order chi connectivity index (χ0) is 15.7. The van der Waals surface area contributed by atoms with E-state index in [2.05, 4.69) is 9.97 Å². The molecule has 0 saturated carbocycles. The SMILES string of the molecule is Cc1nc(-c2ccc(F)cc2)cc(N2CC[C@H](C(=O)O)C2)n1. The number of carbonyl (C=O) groups is 1. The average molecular weight is 301 g/mol. The van der Waals surface area contributed by atoms with Crippen molar-refractivity contribution in [3.05, 3.63) is 42.0 Å². The van der Waals surface area contributed by atoms with Gasteiger partial charge in [-0.15, -0.1) is 0 Å². The summed E-state index contributed by atoms with van der Waals surface area (Å²) in [5.74, 6) is -0.0960. The van der Waals surface area contributed by atoms with Crippen LogP contribution in [0.1, 0.15) is 12.2 Å². The van der Waals surface area contributed by atoms with Crippen LogP contribution in [0.5, 0.6) is 0 Å². The van der Waals surface area contributed by atoms with Gasteiger partial charge in [0.25, 0.3) is 0 Å². The zero-order valence-electron chi connectivity index (χ0n) is 12.2. The van der Waals surface area contributed by atoms with Crippen molar-refractivity contribution >= 4 is 11.8 Å². The molecular formula is C16H16FN3O2. The van der Waals surface area contributed by atoms with Crippen LogP contribution in [0, 0.1) is 18.7 Å². The maximum absolute atomic E-state index is 13.0. The van der Waals surface area contributed by atoms with Gasteiger partial charge >= 0.3 is 5.97 Å². The Morgan fingerprint density at radius 3 is 2.68 bits per heavy atom. The van der Waals surface area contributed by atoms with Gasteiger partial charge < -0.3 is 10.0 Å². The number of aryl methyl sites for hydroxylation is 1. The van der Waals surface area contributed by atoms with Crippen LogP contribution in [0.3, 0.4) is 0 Å². The van der Waals surface area contributed by atoms with Gasteiger partial charge in [0.05, 0.1) is 11.6 Å². The molecular weight excluding hydrogens is 285 g/mol. The number of anilines is 1. The Bertz CT molecular complexity index is 703. The number of carboxylic acids is 1. The molecule has 1 aliphatic heterocycles. The van der Waals surface area contributed by atoms with Crippen LogP contribution in [-0.4, -0.2) is 34.1 Å². The normalized spacial score (nSPS) is 17.7. The second-order valence-corrected chi connectivity index (χ2v) is 5.44. The molecule has 1 saturated heterocycles. The molecule has 0 radical (unpaired) electrons. The molecule has 2 aromatic rings. The number of benzene rings is 1. The first-order valence-electron chi connectivity index (χ1n) is 7.12. The molecule has 0 bridgehead atoms. The highest BCUT2D eigenvalue weighted by atomic mass is 19.1. The van der Waals surface area contributed by atoms with Crippen molar-refractivity contribution in [3.8, 4) is 11.3 Å². The van der Waals surface area contributed by atoms with Crippen LogP contribution < -0.4 is 4.90 Å². The lowest BCUT2D eigenvalue weighted by Gasteiger charge is -2.18. The van der Waals surface area contributed by atoms with E-state index < -0.39 is 5.97 Å². The Balaban J connectivity index is 1.90. The Morgan fingerprint density at radius 1 is 1.32 bits per heavy atom. The monoisotopic (exact) mass is 301 g/mol. The van der Waals surface area contributed by atoms with E-state index in [0.29, 0.717) is 31.0 Å². The molecule has 2 heterocycles. The van der Waals surface area contributed by atoms with Gasteiger partial charge in [-0.3, -0.25) is 4.79 Å². The lowest BCUT2D eigenvalue weighted by atomic mass is 10.1. The lowest BCUT2D eigenvalue weighted by Crippen LogP contribution is -2.23. The summed E-state index contributed by atoms with van der Waals surface area (Å²) in [6.45, 7) is 2.91. The number of hydrogen-bond donors (Lipinski definition) is 1. The molecule has 0 aliphatic carbocycles. The molecule has 1 N–H and O–H groups in total. The summed E-state index contributed by atoms with van der Waals surface area (Å²) < 4.78 is 13.0. The summed E-state index contributed by atoms with van der Waals surface area (Å²) in [7, 11) is 0. The molecule has 1 aromatic heterocycles. The third-order valence-corrected chi connectivity index (χ3v) is 3.83. The fourth-order valence-corrected chi connectivity index (χ4v) is 2.65. The molecule has 22 heavy (non-hydrogen) atoms. The number of aliphatic carboxylic acids is 1. The van der Waals surface area contributed by atoms with E-state index in [-0.39, 0.29) is 11.7 Å². The summed E-state index contributed by atoms with van der Waals surface area (Å²) in [6, 6.07) is 7.95. The van der Waals surface area contributed by atoms with Crippen molar-refractivity contribution in [2.45, 2.75) is 13.3 Å². The highest BCUT2D eigenvalue weighted by molar-refractivity contribution is 5.72. The second-order valence-electron chi connectivity index (χ2n) is 5.44. The number of halogens is 1. The van der Waals surface area contributed by atoms with Crippen LogP contribution in [-0.2, 0) is 4.79 Å². The Hall–Kier alpha value is -2.50. The van der Waals surface area contributed by atoms with E-state index in [4.69, 9.17) is 5.11 Å². The Labute approximate surface area is 127 Å². The molecule has 1 aliphatic rings. The number of carboxylic acid groups (broad SMARTS) is 1. The number of nitrogens with zero attached hydrogens (tertiary/aromatic N) is 3. The van der Waals surface area contributed by atoms with Gasteiger partial charge in [0.2, 0.25) is 0 Å². The smallest absolute Gasteiger partial charge is 0.308 e. The van der Waals surface area contributed by atoms with E-state index >= 15 is 0 Å². The molecule has 6 heteroatoms. The third-order valence-electron chi connectivity index (χ3n) is 3.83. The zero-order valence-corrected chi connectivity index (χ0v) is 12.2. The van der Waals surface area contributed by atoms with Gasteiger partial charge in [-0.05, 0) is 37.6 Å². The number of aromatic nitrogens is 2. The fourth-order valence-electron chi connectivity index (χ4n) is 2.65. The largest absolute Gasteiger partial charge is 0.481 e. The van der Waals surface area contributed by atoms with Crippen LogP contribution in [0.2, 0.25) is 0 Å². The molecule has 1 atom stereocenters. The minimum Gasteiger partial charge on any atom is -0.481 e. The topological polar surface area (TPSA) is 66.3 Å². The van der Waals surface area contributed by atoms with Crippen molar-refractivity contribution < 1.29 is 14.3 Å². The van der Waals surface area contributed by atoms with Gasteiger partial charge in [0.15, 0.2) is 0 Å². The molecule has 5 nitrogen and oxygen atoms in total. The van der Waals surface area contributed by atoms with E-state index in [1.165, 1.54) is 12.1 Å². The molecule has 3 rings (SSSR count).